The Balaban J connectivity index is 2.27. The molecule has 0 aromatic heterocycles. The van der Waals surface area contributed by atoms with Crippen molar-refractivity contribution >= 4 is 11.8 Å². The second-order valence-electron chi connectivity index (χ2n) is 3.81. The molecule has 5 nitrogen and oxygen atoms in total. The number of nitrogens with one attached hydrogen (secondary N) is 1. The third-order valence-electron chi connectivity index (χ3n) is 2.64. The van der Waals surface area contributed by atoms with Crippen molar-refractivity contribution in [2.24, 2.45) is 0 Å². The summed E-state index contributed by atoms with van der Waals surface area (Å²) in [5.74, 6) is 0.168. The molecule has 1 aliphatic heterocycles. The summed E-state index contributed by atoms with van der Waals surface area (Å²) in [6.07, 6.45) is 1.72. The van der Waals surface area contributed by atoms with Gasteiger partial charge in [-0.15, -0.1) is 6.58 Å². The molecule has 0 bridgehead atoms. The van der Waals surface area contributed by atoms with Crippen molar-refractivity contribution in [2.45, 2.75) is 6.92 Å². The number of hydrogen-bond acceptors (Lipinski definition) is 3. The first-order chi connectivity index (χ1) is 7.65. The molecule has 0 spiro atoms. The summed E-state index contributed by atoms with van der Waals surface area (Å²) in [5.41, 5.74) is 0. The van der Waals surface area contributed by atoms with Gasteiger partial charge in [0, 0.05) is 39.6 Å². The Bertz CT molecular complexity index is 270. The van der Waals surface area contributed by atoms with E-state index in [4.69, 9.17) is 0 Å². The highest BCUT2D eigenvalue weighted by Gasteiger charge is 2.21. The quantitative estimate of drug-likeness (QED) is 0.516. The van der Waals surface area contributed by atoms with Crippen LogP contribution in [0, 0.1) is 0 Å². The van der Waals surface area contributed by atoms with Crippen LogP contribution >= 0.6 is 0 Å². The molecule has 0 aromatic carbocycles. The molecule has 2 amide bonds. The van der Waals surface area contributed by atoms with Crippen molar-refractivity contribution in [1.29, 1.82) is 0 Å². The first kappa shape index (κ1) is 12.7. The summed E-state index contributed by atoms with van der Waals surface area (Å²) in [7, 11) is 0. The summed E-state index contributed by atoms with van der Waals surface area (Å²) in [4.78, 5) is 26.3. The summed E-state index contributed by atoms with van der Waals surface area (Å²) in [5, 5.41) is 2.98. The Kier molecular flexibility index (Phi) is 4.98. The Morgan fingerprint density at radius 2 is 1.81 bits per heavy atom. The van der Waals surface area contributed by atoms with E-state index in [1.165, 1.54) is 0 Å². The lowest BCUT2D eigenvalue weighted by Gasteiger charge is -2.34. The average Bonchev–Trinajstić information content (AvgIpc) is 2.29. The summed E-state index contributed by atoms with van der Waals surface area (Å²) in [6.45, 7) is 8.65. The maximum Gasteiger partial charge on any atom is 0.236 e. The van der Waals surface area contributed by atoms with E-state index in [0.29, 0.717) is 39.3 Å². The summed E-state index contributed by atoms with van der Waals surface area (Å²) in [6, 6.07) is 0. The van der Waals surface area contributed by atoms with Crippen molar-refractivity contribution < 1.29 is 9.59 Å². The fourth-order valence-electron chi connectivity index (χ4n) is 1.66. The molecule has 1 heterocycles. The van der Waals surface area contributed by atoms with Gasteiger partial charge in [0.15, 0.2) is 0 Å². The van der Waals surface area contributed by atoms with Crippen LogP contribution in [-0.4, -0.2) is 60.9 Å². The zero-order valence-electron chi connectivity index (χ0n) is 9.74. The van der Waals surface area contributed by atoms with Gasteiger partial charge in [0.25, 0.3) is 0 Å². The van der Waals surface area contributed by atoms with Crippen LogP contribution in [0.5, 0.6) is 0 Å². The van der Waals surface area contributed by atoms with E-state index in [2.05, 4.69) is 11.9 Å². The van der Waals surface area contributed by atoms with Gasteiger partial charge in [0.05, 0.1) is 6.54 Å². The van der Waals surface area contributed by atoms with Crippen molar-refractivity contribution in [3.05, 3.63) is 12.7 Å². The molecular formula is C11H19N3O2. The van der Waals surface area contributed by atoms with Gasteiger partial charge in [-0.05, 0) is 0 Å². The molecule has 5 heteroatoms. The lowest BCUT2D eigenvalue weighted by molar-refractivity contribution is -0.137. The second-order valence-corrected chi connectivity index (χ2v) is 3.81. The maximum atomic E-state index is 11.7. The van der Waals surface area contributed by atoms with Crippen LogP contribution in [0.25, 0.3) is 0 Å². The molecule has 1 N–H and O–H groups in total. The van der Waals surface area contributed by atoms with E-state index in [-0.39, 0.29) is 11.8 Å². The maximum absolute atomic E-state index is 11.7. The van der Waals surface area contributed by atoms with Crippen LogP contribution in [0.15, 0.2) is 12.7 Å². The first-order valence-electron chi connectivity index (χ1n) is 5.50. The van der Waals surface area contributed by atoms with E-state index in [1.807, 2.05) is 0 Å². The van der Waals surface area contributed by atoms with E-state index < -0.39 is 0 Å². The number of hydrogen-bond donors (Lipinski definition) is 1. The second kappa shape index (κ2) is 6.27. The topological polar surface area (TPSA) is 52.7 Å². The van der Waals surface area contributed by atoms with Gasteiger partial charge >= 0.3 is 0 Å². The Morgan fingerprint density at radius 3 is 2.31 bits per heavy atom. The van der Waals surface area contributed by atoms with Crippen molar-refractivity contribution in [3.8, 4) is 0 Å². The molecule has 90 valence electrons. The summed E-state index contributed by atoms with van der Waals surface area (Å²) < 4.78 is 0. The van der Waals surface area contributed by atoms with Crippen LogP contribution < -0.4 is 5.32 Å². The van der Waals surface area contributed by atoms with Gasteiger partial charge in [0.1, 0.15) is 0 Å². The smallest absolute Gasteiger partial charge is 0.236 e. The van der Waals surface area contributed by atoms with E-state index in [1.54, 1.807) is 22.8 Å². The molecular weight excluding hydrogens is 206 g/mol. The van der Waals surface area contributed by atoms with E-state index in [9.17, 15) is 9.59 Å². The zero-order chi connectivity index (χ0) is 12.0. The molecule has 1 rings (SSSR count). The van der Waals surface area contributed by atoms with Crippen LogP contribution in [-0.2, 0) is 9.59 Å². The molecule has 1 saturated heterocycles. The standard InChI is InChI=1S/C11H19N3O2/c1-3-4-12-9-11(16)14-7-5-13(6-8-14)10(2)15/h3,12H,1,4-9H2,2H3. The van der Waals surface area contributed by atoms with Crippen LogP contribution in [0.3, 0.4) is 0 Å². The molecule has 0 unspecified atom stereocenters. The predicted molar refractivity (Wildman–Crippen MR) is 61.9 cm³/mol. The molecule has 1 aliphatic rings. The fourth-order valence-corrected chi connectivity index (χ4v) is 1.66. The highest BCUT2D eigenvalue weighted by molar-refractivity contribution is 5.79. The minimum Gasteiger partial charge on any atom is -0.339 e. The minimum atomic E-state index is 0.0804. The normalized spacial score (nSPS) is 16.1. The van der Waals surface area contributed by atoms with Crippen LogP contribution in [0.2, 0.25) is 0 Å². The number of amides is 2. The van der Waals surface area contributed by atoms with Gasteiger partial charge in [0.2, 0.25) is 11.8 Å². The van der Waals surface area contributed by atoms with Gasteiger partial charge in [-0.2, -0.15) is 0 Å². The molecule has 0 aliphatic carbocycles. The molecule has 1 fully saturated rings. The number of carbonyl (C=O) groups is 2. The Morgan fingerprint density at radius 1 is 1.25 bits per heavy atom. The molecule has 0 radical (unpaired) electrons. The summed E-state index contributed by atoms with van der Waals surface area (Å²) >= 11 is 0. The van der Waals surface area contributed by atoms with Gasteiger partial charge in [-0.25, -0.2) is 0 Å². The highest BCUT2D eigenvalue weighted by atomic mass is 16.2. The Labute approximate surface area is 96.1 Å². The molecule has 0 saturated carbocycles. The number of carbonyl (C=O) groups excluding carboxylic acids is 2. The third-order valence-corrected chi connectivity index (χ3v) is 2.64. The SMILES string of the molecule is C=CCNCC(=O)N1CCN(C(C)=O)CC1. The van der Waals surface area contributed by atoms with Gasteiger partial charge < -0.3 is 15.1 Å². The zero-order valence-corrected chi connectivity index (χ0v) is 9.74. The third kappa shape index (κ3) is 3.66. The monoisotopic (exact) mass is 225 g/mol. The van der Waals surface area contributed by atoms with E-state index >= 15 is 0 Å². The fraction of sp³-hybridized carbons (Fsp3) is 0.636. The number of nitrogens with zero attached hydrogens (tertiary/aromatic N) is 2. The van der Waals surface area contributed by atoms with Gasteiger partial charge in [-0.3, -0.25) is 9.59 Å². The predicted octanol–water partition coefficient (Wildman–Crippen LogP) is -0.547. The number of piperazine rings is 1. The van der Waals surface area contributed by atoms with Gasteiger partial charge in [-0.1, -0.05) is 6.08 Å². The number of rotatable bonds is 4. The van der Waals surface area contributed by atoms with E-state index in [0.717, 1.165) is 0 Å². The lowest BCUT2D eigenvalue weighted by Crippen LogP contribution is -2.51. The van der Waals surface area contributed by atoms with Crippen molar-refractivity contribution in [3.63, 3.8) is 0 Å². The Hall–Kier alpha value is -1.36. The molecule has 0 atom stereocenters. The first-order valence-corrected chi connectivity index (χ1v) is 5.50. The largest absolute Gasteiger partial charge is 0.339 e. The van der Waals surface area contributed by atoms with Crippen molar-refractivity contribution in [1.82, 2.24) is 15.1 Å². The van der Waals surface area contributed by atoms with Crippen molar-refractivity contribution in [2.75, 3.05) is 39.3 Å². The van der Waals surface area contributed by atoms with Crippen LogP contribution in [0.4, 0.5) is 0 Å². The lowest BCUT2D eigenvalue weighted by atomic mass is 10.3. The van der Waals surface area contributed by atoms with Crippen LogP contribution in [0.1, 0.15) is 6.92 Å². The minimum absolute atomic E-state index is 0.0804. The molecule has 16 heavy (non-hydrogen) atoms. The average molecular weight is 225 g/mol. The molecule has 0 aromatic rings. The highest BCUT2D eigenvalue weighted by Crippen LogP contribution is 2.01.